The number of likely N-dealkylation sites (tertiary alicyclic amines) is 1. The molecule has 4 nitrogen and oxygen atoms in total. The van der Waals surface area contributed by atoms with Crippen molar-refractivity contribution in [2.45, 2.75) is 79.0 Å². The Kier molecular flexibility index (Phi) is 6.67. The Hall–Kier alpha value is -2.59. The van der Waals surface area contributed by atoms with E-state index in [-0.39, 0.29) is 6.09 Å². The van der Waals surface area contributed by atoms with Gasteiger partial charge in [-0.15, -0.1) is 0 Å². The van der Waals surface area contributed by atoms with Gasteiger partial charge in [-0.1, -0.05) is 49.7 Å². The number of benzene rings is 2. The van der Waals surface area contributed by atoms with Crippen LogP contribution < -0.4 is 0 Å². The number of piperidine rings is 1. The maximum absolute atomic E-state index is 12.9. The molecule has 0 radical (unpaired) electrons. The first-order valence-corrected chi connectivity index (χ1v) is 12.3. The number of hydrogen-bond donors (Lipinski definition) is 0. The Morgan fingerprint density at radius 2 is 1.82 bits per heavy atom. The summed E-state index contributed by atoms with van der Waals surface area (Å²) in [6.45, 7) is 14.3. The van der Waals surface area contributed by atoms with Gasteiger partial charge >= 0.3 is 6.09 Å². The van der Waals surface area contributed by atoms with Crippen LogP contribution >= 0.6 is 0 Å². The van der Waals surface area contributed by atoms with Gasteiger partial charge in [-0.25, -0.2) is 4.79 Å². The SMILES string of the molecule is CCC1CCN(Cc2c(C)cc(C)c3c2ccn3C(=O)OC(C)(C)C)C(c2ccccc2)C1. The molecule has 33 heavy (non-hydrogen) atoms. The van der Waals surface area contributed by atoms with Gasteiger partial charge in [0.05, 0.1) is 5.52 Å². The monoisotopic (exact) mass is 446 g/mol. The number of carbonyl (C=O) groups is 1. The van der Waals surface area contributed by atoms with E-state index in [0.29, 0.717) is 6.04 Å². The highest BCUT2D eigenvalue weighted by atomic mass is 16.6. The summed E-state index contributed by atoms with van der Waals surface area (Å²) in [6, 6.07) is 15.7. The lowest BCUT2D eigenvalue weighted by molar-refractivity contribution is 0.0544. The van der Waals surface area contributed by atoms with Gasteiger partial charge in [0.2, 0.25) is 0 Å². The van der Waals surface area contributed by atoms with Crippen LogP contribution in [0.15, 0.2) is 48.7 Å². The molecule has 1 fully saturated rings. The third-order valence-electron chi connectivity index (χ3n) is 7.03. The van der Waals surface area contributed by atoms with Crippen LogP contribution in [0.25, 0.3) is 10.9 Å². The average molecular weight is 447 g/mol. The first kappa shape index (κ1) is 23.6. The summed E-state index contributed by atoms with van der Waals surface area (Å²) in [4.78, 5) is 15.6. The molecule has 0 aliphatic carbocycles. The van der Waals surface area contributed by atoms with Crippen molar-refractivity contribution in [1.29, 1.82) is 0 Å². The van der Waals surface area contributed by atoms with Gasteiger partial charge in [-0.05, 0) is 88.2 Å². The third-order valence-corrected chi connectivity index (χ3v) is 7.03. The second-order valence-electron chi connectivity index (χ2n) is 10.6. The summed E-state index contributed by atoms with van der Waals surface area (Å²) in [5, 5.41) is 1.16. The Bertz CT molecular complexity index is 1120. The lowest BCUT2D eigenvalue weighted by atomic mass is 9.85. The summed E-state index contributed by atoms with van der Waals surface area (Å²) >= 11 is 0. The fourth-order valence-electron chi connectivity index (χ4n) is 5.32. The van der Waals surface area contributed by atoms with Crippen LogP contribution in [0.4, 0.5) is 4.79 Å². The molecular formula is C29H38N2O2. The highest BCUT2D eigenvalue weighted by Gasteiger charge is 2.30. The Morgan fingerprint density at radius 3 is 2.48 bits per heavy atom. The minimum absolute atomic E-state index is 0.318. The van der Waals surface area contributed by atoms with Crippen molar-refractivity contribution in [3.8, 4) is 0 Å². The number of aromatic nitrogens is 1. The molecule has 0 saturated carbocycles. The summed E-state index contributed by atoms with van der Waals surface area (Å²) in [6.07, 6.45) is 5.23. The maximum atomic E-state index is 12.9. The van der Waals surface area contributed by atoms with Crippen molar-refractivity contribution in [2.24, 2.45) is 5.92 Å². The van der Waals surface area contributed by atoms with E-state index < -0.39 is 5.60 Å². The number of rotatable bonds is 4. The molecule has 4 rings (SSSR count). The van der Waals surface area contributed by atoms with Crippen molar-refractivity contribution in [3.05, 3.63) is 70.9 Å². The van der Waals surface area contributed by atoms with Gasteiger partial charge in [-0.2, -0.15) is 0 Å². The molecule has 0 spiro atoms. The quantitative estimate of drug-likeness (QED) is 0.418. The predicted molar refractivity (Wildman–Crippen MR) is 136 cm³/mol. The predicted octanol–water partition coefficient (Wildman–Crippen LogP) is 7.40. The van der Waals surface area contributed by atoms with Crippen LogP contribution in [0.2, 0.25) is 0 Å². The summed E-state index contributed by atoms with van der Waals surface area (Å²) in [5.41, 5.74) is 5.54. The molecule has 0 bridgehead atoms. The van der Waals surface area contributed by atoms with Crippen molar-refractivity contribution >= 4 is 17.0 Å². The lowest BCUT2D eigenvalue weighted by Crippen LogP contribution is -2.36. The molecule has 4 heteroatoms. The molecule has 1 aliphatic heterocycles. The van der Waals surface area contributed by atoms with E-state index in [9.17, 15) is 4.79 Å². The molecule has 1 aliphatic rings. The number of ether oxygens (including phenoxy) is 1. The van der Waals surface area contributed by atoms with Crippen LogP contribution in [-0.4, -0.2) is 27.7 Å². The second kappa shape index (κ2) is 9.34. The highest BCUT2D eigenvalue weighted by molar-refractivity contribution is 5.94. The zero-order valence-electron chi connectivity index (χ0n) is 21.0. The van der Waals surface area contributed by atoms with Crippen LogP contribution in [0.5, 0.6) is 0 Å². The summed E-state index contributed by atoms with van der Waals surface area (Å²) in [7, 11) is 0. The number of hydrogen-bond acceptors (Lipinski definition) is 3. The largest absolute Gasteiger partial charge is 0.443 e. The van der Waals surface area contributed by atoms with Crippen LogP contribution in [0.1, 0.15) is 75.3 Å². The van der Waals surface area contributed by atoms with Crippen LogP contribution in [0, 0.1) is 19.8 Å². The van der Waals surface area contributed by atoms with Crippen LogP contribution in [0.3, 0.4) is 0 Å². The van der Waals surface area contributed by atoms with Gasteiger partial charge in [0, 0.05) is 24.2 Å². The highest BCUT2D eigenvalue weighted by Crippen LogP contribution is 2.38. The maximum Gasteiger partial charge on any atom is 0.418 e. The third kappa shape index (κ3) is 5.01. The zero-order valence-corrected chi connectivity index (χ0v) is 21.0. The minimum Gasteiger partial charge on any atom is -0.443 e. The molecule has 2 heterocycles. The fourth-order valence-corrected chi connectivity index (χ4v) is 5.32. The molecule has 1 aromatic heterocycles. The standard InChI is InChI=1S/C29H38N2O2/c1-7-22-13-15-30(26(18-22)23-11-9-8-10-12-23)19-25-20(2)17-21(3)27-24(25)14-16-31(27)28(32)33-29(4,5)6/h8-12,14,16-17,22,26H,7,13,15,18-19H2,1-6H3. The van der Waals surface area contributed by atoms with Crippen molar-refractivity contribution in [3.63, 3.8) is 0 Å². The Balaban J connectivity index is 1.71. The topological polar surface area (TPSA) is 34.5 Å². The van der Waals surface area contributed by atoms with Crippen molar-refractivity contribution in [1.82, 2.24) is 9.47 Å². The molecule has 2 unspecified atom stereocenters. The van der Waals surface area contributed by atoms with Gasteiger partial charge in [0.1, 0.15) is 5.60 Å². The number of aryl methyl sites for hydroxylation is 2. The normalized spacial score (nSPS) is 19.7. The molecule has 176 valence electrons. The van der Waals surface area contributed by atoms with Gasteiger partial charge in [0.15, 0.2) is 0 Å². The lowest BCUT2D eigenvalue weighted by Gasteiger charge is -2.40. The molecule has 2 aromatic carbocycles. The average Bonchev–Trinajstić information content (AvgIpc) is 3.22. The van der Waals surface area contributed by atoms with Crippen molar-refractivity contribution in [2.75, 3.05) is 6.54 Å². The summed E-state index contributed by atoms with van der Waals surface area (Å²) < 4.78 is 7.36. The fraction of sp³-hybridized carbons (Fsp3) is 0.483. The number of fused-ring (bicyclic) bond motifs is 1. The molecule has 0 amide bonds. The van der Waals surface area contributed by atoms with E-state index in [1.54, 1.807) is 4.57 Å². The first-order valence-electron chi connectivity index (χ1n) is 12.3. The second-order valence-corrected chi connectivity index (χ2v) is 10.6. The van der Waals surface area contributed by atoms with E-state index in [1.807, 2.05) is 27.0 Å². The first-order chi connectivity index (χ1) is 15.7. The molecule has 3 aromatic rings. The number of carbonyl (C=O) groups excluding carboxylic acids is 1. The van der Waals surface area contributed by atoms with E-state index in [2.05, 4.69) is 68.1 Å². The molecule has 0 N–H and O–H groups in total. The van der Waals surface area contributed by atoms with Crippen molar-refractivity contribution < 1.29 is 9.53 Å². The van der Waals surface area contributed by atoms with E-state index in [4.69, 9.17) is 4.74 Å². The minimum atomic E-state index is -0.526. The Morgan fingerprint density at radius 1 is 1.09 bits per heavy atom. The zero-order chi connectivity index (χ0) is 23.8. The van der Waals surface area contributed by atoms with Gasteiger partial charge in [-0.3, -0.25) is 9.47 Å². The van der Waals surface area contributed by atoms with E-state index >= 15 is 0 Å². The van der Waals surface area contributed by atoms with Gasteiger partial charge < -0.3 is 4.74 Å². The Labute approximate surface area is 198 Å². The van der Waals surface area contributed by atoms with E-state index in [1.165, 1.54) is 36.0 Å². The van der Waals surface area contributed by atoms with Crippen LogP contribution in [-0.2, 0) is 11.3 Å². The van der Waals surface area contributed by atoms with E-state index in [0.717, 1.165) is 35.5 Å². The molecular weight excluding hydrogens is 408 g/mol. The smallest absolute Gasteiger partial charge is 0.418 e. The van der Waals surface area contributed by atoms with Gasteiger partial charge in [0.25, 0.3) is 0 Å². The summed E-state index contributed by atoms with van der Waals surface area (Å²) in [5.74, 6) is 0.777. The molecule has 1 saturated heterocycles. The number of nitrogens with zero attached hydrogens (tertiary/aromatic N) is 2. The molecule has 2 atom stereocenters.